The van der Waals surface area contributed by atoms with Gasteiger partial charge in [0.05, 0.1) is 0 Å². The molecule has 4 nitrogen and oxygen atoms in total. The SMILES string of the molecule is CC(C)C(C)CNc1nc2ccccn2n1. The second-order valence-corrected chi connectivity index (χ2v) is 4.54. The van der Waals surface area contributed by atoms with E-state index in [1.807, 2.05) is 24.4 Å². The number of hydrogen-bond acceptors (Lipinski definition) is 3. The van der Waals surface area contributed by atoms with Crippen molar-refractivity contribution in [2.24, 2.45) is 11.8 Å². The van der Waals surface area contributed by atoms with Gasteiger partial charge >= 0.3 is 0 Å². The summed E-state index contributed by atoms with van der Waals surface area (Å²) < 4.78 is 1.78. The van der Waals surface area contributed by atoms with E-state index in [0.29, 0.717) is 17.8 Å². The van der Waals surface area contributed by atoms with E-state index in [1.54, 1.807) is 4.52 Å². The van der Waals surface area contributed by atoms with Gasteiger partial charge in [0.2, 0.25) is 5.95 Å². The first-order chi connectivity index (χ1) is 7.66. The molecule has 4 heteroatoms. The first-order valence-electron chi connectivity index (χ1n) is 5.72. The van der Waals surface area contributed by atoms with Crippen LogP contribution in [-0.4, -0.2) is 21.1 Å². The van der Waals surface area contributed by atoms with Crippen LogP contribution in [0.1, 0.15) is 20.8 Å². The average molecular weight is 218 g/mol. The van der Waals surface area contributed by atoms with E-state index in [0.717, 1.165) is 12.2 Å². The largest absolute Gasteiger partial charge is 0.353 e. The summed E-state index contributed by atoms with van der Waals surface area (Å²) in [5.74, 6) is 2.00. The third-order valence-electron chi connectivity index (χ3n) is 2.96. The minimum atomic E-state index is 0.617. The number of rotatable bonds is 4. The van der Waals surface area contributed by atoms with Crippen molar-refractivity contribution in [2.45, 2.75) is 20.8 Å². The monoisotopic (exact) mass is 218 g/mol. The standard InChI is InChI=1S/C12H18N4/c1-9(2)10(3)8-13-12-14-11-6-4-5-7-16(11)15-12/h4-7,9-10H,8H2,1-3H3,(H,13,15). The number of fused-ring (bicyclic) bond motifs is 1. The van der Waals surface area contributed by atoms with Crippen LogP contribution in [0.2, 0.25) is 0 Å². The normalized spacial score (nSPS) is 13.2. The van der Waals surface area contributed by atoms with Crippen LogP contribution in [0.25, 0.3) is 5.65 Å². The van der Waals surface area contributed by atoms with E-state index in [9.17, 15) is 0 Å². The van der Waals surface area contributed by atoms with E-state index < -0.39 is 0 Å². The molecule has 0 radical (unpaired) electrons. The molecule has 2 heterocycles. The van der Waals surface area contributed by atoms with Crippen molar-refractivity contribution in [3.05, 3.63) is 24.4 Å². The van der Waals surface area contributed by atoms with Crippen molar-refractivity contribution in [1.82, 2.24) is 14.6 Å². The van der Waals surface area contributed by atoms with Gasteiger partial charge in [-0.1, -0.05) is 26.8 Å². The van der Waals surface area contributed by atoms with Crippen LogP contribution < -0.4 is 5.32 Å². The molecule has 1 atom stereocenters. The Hall–Kier alpha value is -1.58. The molecule has 0 aliphatic heterocycles. The van der Waals surface area contributed by atoms with Gasteiger partial charge in [-0.3, -0.25) is 0 Å². The number of pyridine rings is 1. The number of nitrogens with one attached hydrogen (secondary N) is 1. The van der Waals surface area contributed by atoms with Crippen LogP contribution in [0.15, 0.2) is 24.4 Å². The third kappa shape index (κ3) is 2.32. The van der Waals surface area contributed by atoms with E-state index in [4.69, 9.17) is 0 Å². The Morgan fingerprint density at radius 1 is 1.31 bits per heavy atom. The predicted octanol–water partition coefficient (Wildman–Crippen LogP) is 2.43. The summed E-state index contributed by atoms with van der Waals surface area (Å²) >= 11 is 0. The zero-order valence-corrected chi connectivity index (χ0v) is 10.0. The zero-order valence-electron chi connectivity index (χ0n) is 10.0. The lowest BCUT2D eigenvalue weighted by Gasteiger charge is -2.14. The molecular formula is C12H18N4. The summed E-state index contributed by atoms with van der Waals surface area (Å²) in [7, 11) is 0. The van der Waals surface area contributed by atoms with Crippen molar-refractivity contribution in [2.75, 3.05) is 11.9 Å². The molecule has 0 saturated carbocycles. The minimum Gasteiger partial charge on any atom is -0.353 e. The number of anilines is 1. The van der Waals surface area contributed by atoms with Gasteiger partial charge in [0.25, 0.3) is 0 Å². The van der Waals surface area contributed by atoms with E-state index in [1.165, 1.54) is 0 Å². The Kier molecular flexibility index (Phi) is 3.08. The lowest BCUT2D eigenvalue weighted by atomic mass is 9.98. The third-order valence-corrected chi connectivity index (χ3v) is 2.96. The van der Waals surface area contributed by atoms with E-state index >= 15 is 0 Å². The Bertz CT molecular complexity index is 428. The lowest BCUT2D eigenvalue weighted by molar-refractivity contribution is 0.439. The van der Waals surface area contributed by atoms with Crippen molar-refractivity contribution < 1.29 is 0 Å². The van der Waals surface area contributed by atoms with Gasteiger partial charge in [-0.15, -0.1) is 5.10 Å². The molecule has 16 heavy (non-hydrogen) atoms. The van der Waals surface area contributed by atoms with Gasteiger partial charge in [-0.05, 0) is 24.0 Å². The smallest absolute Gasteiger partial charge is 0.243 e. The number of hydrogen-bond donors (Lipinski definition) is 1. The molecule has 0 bridgehead atoms. The zero-order chi connectivity index (χ0) is 11.5. The van der Waals surface area contributed by atoms with Gasteiger partial charge < -0.3 is 5.32 Å². The van der Waals surface area contributed by atoms with Crippen LogP contribution in [0.4, 0.5) is 5.95 Å². The fraction of sp³-hybridized carbons (Fsp3) is 0.500. The Morgan fingerprint density at radius 2 is 2.12 bits per heavy atom. The maximum Gasteiger partial charge on any atom is 0.243 e. The molecule has 0 amide bonds. The van der Waals surface area contributed by atoms with Crippen LogP contribution in [0, 0.1) is 11.8 Å². The van der Waals surface area contributed by atoms with E-state index in [2.05, 4.69) is 36.2 Å². The van der Waals surface area contributed by atoms with Crippen molar-refractivity contribution in [3.63, 3.8) is 0 Å². The van der Waals surface area contributed by atoms with Crippen LogP contribution in [-0.2, 0) is 0 Å². The molecule has 0 aliphatic rings. The molecule has 0 fully saturated rings. The first-order valence-corrected chi connectivity index (χ1v) is 5.72. The molecule has 2 aromatic heterocycles. The Balaban J connectivity index is 2.05. The van der Waals surface area contributed by atoms with Crippen molar-refractivity contribution in [1.29, 1.82) is 0 Å². The Morgan fingerprint density at radius 3 is 2.81 bits per heavy atom. The highest BCUT2D eigenvalue weighted by atomic mass is 15.3. The summed E-state index contributed by atoms with van der Waals surface area (Å²) in [6.07, 6.45) is 1.90. The summed E-state index contributed by atoms with van der Waals surface area (Å²) in [4.78, 5) is 4.38. The van der Waals surface area contributed by atoms with Crippen molar-refractivity contribution >= 4 is 11.6 Å². The molecular weight excluding hydrogens is 200 g/mol. The topological polar surface area (TPSA) is 42.2 Å². The molecule has 1 unspecified atom stereocenters. The quantitative estimate of drug-likeness (QED) is 0.857. The summed E-state index contributed by atoms with van der Waals surface area (Å²) in [6.45, 7) is 7.59. The lowest BCUT2D eigenvalue weighted by Crippen LogP contribution is -2.16. The summed E-state index contributed by atoms with van der Waals surface area (Å²) in [5, 5.41) is 7.61. The highest BCUT2D eigenvalue weighted by molar-refractivity contribution is 5.42. The fourth-order valence-corrected chi connectivity index (χ4v) is 1.39. The summed E-state index contributed by atoms with van der Waals surface area (Å²) in [6, 6.07) is 5.86. The van der Waals surface area contributed by atoms with Gasteiger partial charge in [0.15, 0.2) is 5.65 Å². The highest BCUT2D eigenvalue weighted by Crippen LogP contribution is 2.11. The summed E-state index contributed by atoms with van der Waals surface area (Å²) in [5.41, 5.74) is 0.877. The average Bonchev–Trinajstić information content (AvgIpc) is 2.68. The number of nitrogens with zero attached hydrogens (tertiary/aromatic N) is 3. The minimum absolute atomic E-state index is 0.617. The van der Waals surface area contributed by atoms with Crippen LogP contribution in [0.5, 0.6) is 0 Å². The predicted molar refractivity (Wildman–Crippen MR) is 65.5 cm³/mol. The van der Waals surface area contributed by atoms with Gasteiger partial charge in [0.1, 0.15) is 0 Å². The number of aromatic nitrogens is 3. The van der Waals surface area contributed by atoms with Crippen LogP contribution >= 0.6 is 0 Å². The maximum atomic E-state index is 4.38. The molecule has 2 rings (SSSR count). The molecule has 0 spiro atoms. The highest BCUT2D eigenvalue weighted by Gasteiger charge is 2.08. The molecule has 0 aliphatic carbocycles. The molecule has 0 aromatic carbocycles. The second kappa shape index (κ2) is 4.51. The van der Waals surface area contributed by atoms with Crippen LogP contribution in [0.3, 0.4) is 0 Å². The molecule has 0 saturated heterocycles. The second-order valence-electron chi connectivity index (χ2n) is 4.54. The van der Waals surface area contributed by atoms with E-state index in [-0.39, 0.29) is 0 Å². The first kappa shape index (κ1) is 10.9. The fourth-order valence-electron chi connectivity index (χ4n) is 1.39. The molecule has 1 N–H and O–H groups in total. The molecule has 2 aromatic rings. The molecule has 86 valence electrons. The van der Waals surface area contributed by atoms with Gasteiger partial charge in [-0.25, -0.2) is 4.52 Å². The van der Waals surface area contributed by atoms with Gasteiger partial charge in [-0.2, -0.15) is 4.98 Å². The van der Waals surface area contributed by atoms with Gasteiger partial charge in [0, 0.05) is 12.7 Å². The maximum absolute atomic E-state index is 4.38. The van der Waals surface area contributed by atoms with Crippen molar-refractivity contribution in [3.8, 4) is 0 Å². The Labute approximate surface area is 95.7 Å².